The van der Waals surface area contributed by atoms with Crippen LogP contribution in [-0.4, -0.2) is 26.5 Å². The van der Waals surface area contributed by atoms with Crippen molar-refractivity contribution < 1.29 is 14.3 Å². The molecule has 0 aliphatic heterocycles. The maximum Gasteiger partial charge on any atom is 0.338 e. The minimum absolute atomic E-state index is 0.111. The number of carbonyl (C=O) groups is 2. The highest BCUT2D eigenvalue weighted by atomic mass is 32.1. The molecule has 3 rings (SSSR count). The molecular formula is C19H20N4O4S. The number of nitrogens with zero attached hydrogens (tertiary/aromatic N) is 3. The van der Waals surface area contributed by atoms with Crippen LogP contribution in [0.3, 0.4) is 0 Å². The van der Waals surface area contributed by atoms with Gasteiger partial charge in [-0.15, -0.1) is 0 Å². The quantitative estimate of drug-likeness (QED) is 0.612. The van der Waals surface area contributed by atoms with Crippen LogP contribution >= 0.6 is 11.3 Å². The predicted molar refractivity (Wildman–Crippen MR) is 106 cm³/mol. The minimum atomic E-state index is -0.538. The van der Waals surface area contributed by atoms with E-state index in [0.717, 1.165) is 24.3 Å². The average Bonchev–Trinajstić information content (AvgIpc) is 3.08. The lowest BCUT2D eigenvalue weighted by molar-refractivity contribution is -0.114. The number of anilines is 1. The number of hydrogen-bond acceptors (Lipinski definition) is 7. The number of ether oxygens (including phenoxy) is 1. The summed E-state index contributed by atoms with van der Waals surface area (Å²) in [5, 5.41) is 7.77. The second-order valence-corrected chi connectivity index (χ2v) is 7.25. The Labute approximate surface area is 165 Å². The monoisotopic (exact) mass is 400 g/mol. The summed E-state index contributed by atoms with van der Waals surface area (Å²) in [5.41, 5.74) is 1.01. The van der Waals surface area contributed by atoms with E-state index in [4.69, 9.17) is 4.74 Å². The third kappa shape index (κ3) is 4.80. The highest BCUT2D eigenvalue weighted by Gasteiger charge is 2.12. The molecule has 1 N–H and O–H groups in total. The smallest absolute Gasteiger partial charge is 0.338 e. The number of aryl methyl sites for hydroxylation is 1. The molecule has 1 amide bonds. The van der Waals surface area contributed by atoms with Crippen LogP contribution in [0, 0.1) is 0 Å². The lowest BCUT2D eigenvalue weighted by atomic mass is 10.2. The number of nitrogens with one attached hydrogen (secondary N) is 1. The Hall–Kier alpha value is -3.07. The molecule has 3 aromatic rings. The van der Waals surface area contributed by atoms with Gasteiger partial charge in [-0.3, -0.25) is 9.59 Å². The second-order valence-electron chi connectivity index (χ2n) is 6.21. The van der Waals surface area contributed by atoms with Gasteiger partial charge in [-0.05, 0) is 30.7 Å². The summed E-state index contributed by atoms with van der Waals surface area (Å²) < 4.78 is 6.54. The third-order valence-electron chi connectivity index (χ3n) is 3.88. The number of benzene rings is 1. The number of amides is 1. The largest absolute Gasteiger partial charge is 0.456 e. The van der Waals surface area contributed by atoms with Gasteiger partial charge in [0.15, 0.2) is 0 Å². The van der Waals surface area contributed by atoms with E-state index in [1.54, 1.807) is 24.3 Å². The van der Waals surface area contributed by atoms with Gasteiger partial charge in [0.25, 0.3) is 5.56 Å². The summed E-state index contributed by atoms with van der Waals surface area (Å²) in [6, 6.07) is 7.67. The Morgan fingerprint density at radius 3 is 2.68 bits per heavy atom. The van der Waals surface area contributed by atoms with Crippen LogP contribution in [0.4, 0.5) is 5.69 Å². The molecule has 0 aliphatic carbocycles. The minimum Gasteiger partial charge on any atom is -0.456 e. The molecule has 8 nitrogen and oxygen atoms in total. The predicted octanol–water partition coefficient (Wildman–Crippen LogP) is 2.81. The molecule has 0 saturated carbocycles. The van der Waals surface area contributed by atoms with Gasteiger partial charge in [0, 0.05) is 25.1 Å². The van der Waals surface area contributed by atoms with E-state index in [-0.39, 0.29) is 18.1 Å². The first-order valence-corrected chi connectivity index (χ1v) is 9.71. The van der Waals surface area contributed by atoms with Crippen molar-refractivity contribution in [2.75, 3.05) is 5.32 Å². The maximum atomic E-state index is 12.2. The van der Waals surface area contributed by atoms with Crippen molar-refractivity contribution >= 4 is 33.9 Å². The van der Waals surface area contributed by atoms with Gasteiger partial charge in [-0.25, -0.2) is 9.78 Å². The van der Waals surface area contributed by atoms with E-state index in [1.807, 2.05) is 0 Å². The standard InChI is InChI=1S/C19H20N4O4S/c1-3-4-5-16-22-23-17(25)10-15(21-19(23)28-16)11-27-18(26)13-6-8-14(9-7-13)20-12(2)24/h6-10H,3-5,11H2,1-2H3,(H,20,24). The number of hydrogen-bond donors (Lipinski definition) is 1. The number of aromatic nitrogens is 3. The van der Waals surface area contributed by atoms with Gasteiger partial charge in [-0.1, -0.05) is 24.7 Å². The first-order chi connectivity index (χ1) is 13.5. The van der Waals surface area contributed by atoms with E-state index < -0.39 is 5.97 Å². The fourth-order valence-electron chi connectivity index (χ4n) is 2.51. The second kappa shape index (κ2) is 8.75. The fourth-order valence-corrected chi connectivity index (χ4v) is 3.47. The molecule has 0 aliphatic rings. The summed E-state index contributed by atoms with van der Waals surface area (Å²) in [6.45, 7) is 3.39. The Kier molecular flexibility index (Phi) is 6.15. The van der Waals surface area contributed by atoms with E-state index in [9.17, 15) is 14.4 Å². The number of rotatable bonds is 7. The van der Waals surface area contributed by atoms with Crippen molar-refractivity contribution in [1.82, 2.24) is 14.6 Å². The lowest BCUT2D eigenvalue weighted by Crippen LogP contribution is -2.16. The topological polar surface area (TPSA) is 103 Å². The molecule has 9 heteroatoms. The molecule has 2 aromatic heterocycles. The van der Waals surface area contributed by atoms with Gasteiger partial charge >= 0.3 is 5.97 Å². The molecule has 2 heterocycles. The fraction of sp³-hybridized carbons (Fsp3) is 0.316. The molecule has 146 valence electrons. The van der Waals surface area contributed by atoms with Crippen LogP contribution < -0.4 is 10.9 Å². The molecular weight excluding hydrogens is 380 g/mol. The lowest BCUT2D eigenvalue weighted by Gasteiger charge is -2.06. The molecule has 1 aromatic carbocycles. The van der Waals surface area contributed by atoms with Crippen LogP contribution in [-0.2, 0) is 22.6 Å². The Morgan fingerprint density at radius 1 is 1.25 bits per heavy atom. The van der Waals surface area contributed by atoms with Crippen LogP contribution in [0.5, 0.6) is 0 Å². The van der Waals surface area contributed by atoms with Gasteiger partial charge < -0.3 is 10.1 Å². The van der Waals surface area contributed by atoms with Crippen molar-refractivity contribution in [3.63, 3.8) is 0 Å². The van der Waals surface area contributed by atoms with Crippen molar-refractivity contribution in [1.29, 1.82) is 0 Å². The number of esters is 1. The molecule has 0 unspecified atom stereocenters. The van der Waals surface area contributed by atoms with Crippen LogP contribution in [0.25, 0.3) is 4.96 Å². The van der Waals surface area contributed by atoms with Gasteiger partial charge in [0.2, 0.25) is 10.9 Å². The normalized spacial score (nSPS) is 10.8. The number of unbranched alkanes of at least 4 members (excludes halogenated alkanes) is 1. The van der Waals surface area contributed by atoms with E-state index in [2.05, 4.69) is 22.3 Å². The van der Waals surface area contributed by atoms with E-state index >= 15 is 0 Å². The molecule has 0 atom stereocenters. The maximum absolute atomic E-state index is 12.2. The van der Waals surface area contributed by atoms with Crippen molar-refractivity contribution in [2.45, 2.75) is 39.7 Å². The van der Waals surface area contributed by atoms with Crippen LogP contribution in [0.1, 0.15) is 47.7 Å². The first kappa shape index (κ1) is 19.7. The van der Waals surface area contributed by atoms with Gasteiger partial charge in [0.05, 0.1) is 11.3 Å². The molecule has 0 spiro atoms. The Balaban J connectivity index is 1.68. The number of carbonyl (C=O) groups excluding carboxylic acids is 2. The number of fused-ring (bicyclic) bond motifs is 1. The SMILES string of the molecule is CCCCc1nn2c(=O)cc(COC(=O)c3ccc(NC(C)=O)cc3)nc2s1. The molecule has 0 radical (unpaired) electrons. The van der Waals surface area contributed by atoms with Crippen LogP contribution in [0.2, 0.25) is 0 Å². The summed E-state index contributed by atoms with van der Waals surface area (Å²) in [4.78, 5) is 40.3. The zero-order valence-corrected chi connectivity index (χ0v) is 16.4. The summed E-state index contributed by atoms with van der Waals surface area (Å²) >= 11 is 1.37. The van der Waals surface area contributed by atoms with Gasteiger partial charge in [-0.2, -0.15) is 9.61 Å². The summed E-state index contributed by atoms with van der Waals surface area (Å²) in [7, 11) is 0. The molecule has 0 fully saturated rings. The summed E-state index contributed by atoms with van der Waals surface area (Å²) in [6.07, 6.45) is 2.85. The zero-order valence-electron chi connectivity index (χ0n) is 15.6. The van der Waals surface area contributed by atoms with E-state index in [1.165, 1.54) is 28.8 Å². The molecule has 28 heavy (non-hydrogen) atoms. The van der Waals surface area contributed by atoms with Crippen molar-refractivity contribution in [2.24, 2.45) is 0 Å². The Bertz CT molecular complexity index is 1060. The van der Waals surface area contributed by atoms with Crippen molar-refractivity contribution in [3.8, 4) is 0 Å². The first-order valence-electron chi connectivity index (χ1n) is 8.89. The highest BCUT2D eigenvalue weighted by molar-refractivity contribution is 7.16. The van der Waals surface area contributed by atoms with Gasteiger partial charge in [0.1, 0.15) is 11.6 Å². The summed E-state index contributed by atoms with van der Waals surface area (Å²) in [5.74, 6) is -0.728. The molecule has 0 bridgehead atoms. The van der Waals surface area contributed by atoms with E-state index in [0.29, 0.717) is 21.9 Å². The van der Waals surface area contributed by atoms with Crippen LogP contribution in [0.15, 0.2) is 35.1 Å². The third-order valence-corrected chi connectivity index (χ3v) is 4.84. The average molecular weight is 400 g/mol. The molecule has 0 saturated heterocycles. The Morgan fingerprint density at radius 2 is 2.00 bits per heavy atom. The zero-order chi connectivity index (χ0) is 20.1. The highest BCUT2D eigenvalue weighted by Crippen LogP contribution is 2.15. The van der Waals surface area contributed by atoms with Crippen molar-refractivity contribution in [3.05, 3.63) is 57.0 Å².